The summed E-state index contributed by atoms with van der Waals surface area (Å²) >= 11 is 5.09. The van der Waals surface area contributed by atoms with E-state index in [1.807, 2.05) is 37.5 Å². The molecule has 0 atom stereocenters. The number of hydrogen-bond donors (Lipinski definition) is 1. The van der Waals surface area contributed by atoms with E-state index in [4.69, 9.17) is 17.0 Å². The van der Waals surface area contributed by atoms with Gasteiger partial charge in [0.15, 0.2) is 5.11 Å². The van der Waals surface area contributed by atoms with Gasteiger partial charge in [0.25, 0.3) is 11.8 Å². The van der Waals surface area contributed by atoms with Crippen LogP contribution in [0.3, 0.4) is 0 Å². The van der Waals surface area contributed by atoms with Crippen LogP contribution in [-0.2, 0) is 14.3 Å². The van der Waals surface area contributed by atoms with Crippen LogP contribution < -0.4 is 5.32 Å². The molecule has 7 nitrogen and oxygen atoms in total. The fraction of sp³-hybridized carbons (Fsp3) is 0.217. The van der Waals surface area contributed by atoms with Gasteiger partial charge in [-0.3, -0.25) is 19.8 Å². The van der Waals surface area contributed by atoms with Crippen LogP contribution in [0, 0.1) is 20.8 Å². The first-order valence-corrected chi connectivity index (χ1v) is 9.98. The lowest BCUT2D eigenvalue weighted by Gasteiger charge is -2.27. The largest absolute Gasteiger partial charge is 0.465 e. The van der Waals surface area contributed by atoms with E-state index < -0.39 is 17.8 Å². The van der Waals surface area contributed by atoms with Gasteiger partial charge < -0.3 is 9.30 Å². The van der Waals surface area contributed by atoms with Crippen molar-refractivity contribution in [2.45, 2.75) is 20.8 Å². The van der Waals surface area contributed by atoms with Crippen molar-refractivity contribution in [1.29, 1.82) is 0 Å². The Morgan fingerprint density at radius 3 is 2.55 bits per heavy atom. The van der Waals surface area contributed by atoms with Crippen LogP contribution in [0.25, 0.3) is 11.8 Å². The standard InChI is InChI=1S/C23H23N3O4S/c1-6-9-25-21(28)18(20(27)24-23(25)31)12-17-11-14(3)26(15(17)4)19-8-7-16(10-13(19)2)22(29)30-5/h6-8,10-12H,1,9H2,2-5H3,(H,24,27,31)/b18-12+. The zero-order valence-corrected chi connectivity index (χ0v) is 18.6. The number of aromatic nitrogens is 1. The van der Waals surface area contributed by atoms with E-state index in [9.17, 15) is 14.4 Å². The zero-order chi connectivity index (χ0) is 22.9. The maximum atomic E-state index is 12.8. The SMILES string of the molecule is C=CCN1C(=O)/C(=C/c2cc(C)n(-c3ccc(C(=O)OC)cc3C)c2C)C(=O)NC1=S. The van der Waals surface area contributed by atoms with Gasteiger partial charge in [0.1, 0.15) is 5.57 Å². The van der Waals surface area contributed by atoms with E-state index in [1.54, 1.807) is 24.3 Å². The molecule has 1 N–H and O–H groups in total. The molecule has 1 fully saturated rings. The van der Waals surface area contributed by atoms with Crippen LogP contribution in [-0.4, -0.2) is 46.0 Å². The van der Waals surface area contributed by atoms with Crippen molar-refractivity contribution in [1.82, 2.24) is 14.8 Å². The monoisotopic (exact) mass is 437 g/mol. The Kier molecular flexibility index (Phi) is 6.21. The Balaban J connectivity index is 2.05. The summed E-state index contributed by atoms with van der Waals surface area (Å²) in [4.78, 5) is 38.3. The minimum Gasteiger partial charge on any atom is -0.465 e. The number of benzene rings is 1. The highest BCUT2D eigenvalue weighted by Crippen LogP contribution is 2.26. The van der Waals surface area contributed by atoms with Gasteiger partial charge in [-0.2, -0.15) is 0 Å². The highest BCUT2D eigenvalue weighted by molar-refractivity contribution is 7.80. The van der Waals surface area contributed by atoms with Crippen LogP contribution in [0.4, 0.5) is 0 Å². The van der Waals surface area contributed by atoms with Gasteiger partial charge in [-0.05, 0) is 74.5 Å². The summed E-state index contributed by atoms with van der Waals surface area (Å²) in [6.45, 7) is 9.59. The van der Waals surface area contributed by atoms with Crippen molar-refractivity contribution < 1.29 is 19.1 Å². The third kappa shape index (κ3) is 4.06. The number of amides is 2. The molecule has 0 bridgehead atoms. The number of methoxy groups -OCH3 is 1. The van der Waals surface area contributed by atoms with Crippen LogP contribution in [0.2, 0.25) is 0 Å². The third-order valence-corrected chi connectivity index (χ3v) is 5.45. The molecule has 160 valence electrons. The zero-order valence-electron chi connectivity index (χ0n) is 17.8. The molecule has 8 heteroatoms. The Hall–Kier alpha value is -3.52. The Morgan fingerprint density at radius 1 is 1.23 bits per heavy atom. The Morgan fingerprint density at radius 2 is 1.94 bits per heavy atom. The second-order valence-corrected chi connectivity index (χ2v) is 7.56. The van der Waals surface area contributed by atoms with Crippen LogP contribution >= 0.6 is 12.2 Å². The summed E-state index contributed by atoms with van der Waals surface area (Å²) < 4.78 is 6.80. The van der Waals surface area contributed by atoms with Gasteiger partial charge in [-0.15, -0.1) is 6.58 Å². The summed E-state index contributed by atoms with van der Waals surface area (Å²) in [6.07, 6.45) is 3.12. The van der Waals surface area contributed by atoms with E-state index in [1.165, 1.54) is 12.0 Å². The van der Waals surface area contributed by atoms with E-state index >= 15 is 0 Å². The van der Waals surface area contributed by atoms with Gasteiger partial charge in [-0.25, -0.2) is 4.79 Å². The molecule has 2 amide bonds. The molecule has 1 aliphatic heterocycles. The van der Waals surface area contributed by atoms with Gasteiger partial charge in [0.2, 0.25) is 0 Å². The number of nitrogens with one attached hydrogen (secondary N) is 1. The molecule has 2 aromatic rings. The molecule has 3 rings (SSSR count). The average Bonchev–Trinajstić information content (AvgIpc) is 3.00. The van der Waals surface area contributed by atoms with Crippen LogP contribution in [0.1, 0.15) is 32.9 Å². The van der Waals surface area contributed by atoms with Crippen molar-refractivity contribution >= 4 is 41.2 Å². The van der Waals surface area contributed by atoms with E-state index in [-0.39, 0.29) is 17.2 Å². The number of nitrogens with zero attached hydrogens (tertiary/aromatic N) is 2. The Bertz CT molecular complexity index is 1160. The fourth-order valence-corrected chi connectivity index (χ4v) is 3.85. The lowest BCUT2D eigenvalue weighted by Crippen LogP contribution is -2.53. The summed E-state index contributed by atoms with van der Waals surface area (Å²) in [5, 5.41) is 2.62. The van der Waals surface area contributed by atoms with Gasteiger partial charge in [0, 0.05) is 23.6 Å². The lowest BCUT2D eigenvalue weighted by atomic mass is 10.1. The molecule has 1 aromatic carbocycles. The summed E-state index contributed by atoms with van der Waals surface area (Å²) in [7, 11) is 1.34. The molecule has 2 heterocycles. The fourth-order valence-electron chi connectivity index (χ4n) is 3.60. The number of thiocarbonyl (C=S) groups is 1. The molecule has 1 aliphatic rings. The van der Waals surface area contributed by atoms with Crippen LogP contribution in [0.5, 0.6) is 0 Å². The molecule has 0 unspecified atom stereocenters. The van der Waals surface area contributed by atoms with E-state index in [2.05, 4.69) is 11.9 Å². The predicted molar refractivity (Wildman–Crippen MR) is 122 cm³/mol. The first kappa shape index (κ1) is 22.2. The molecule has 1 saturated heterocycles. The maximum Gasteiger partial charge on any atom is 0.337 e. The summed E-state index contributed by atoms with van der Waals surface area (Å²) in [6, 6.07) is 7.23. The number of ether oxygens (including phenoxy) is 1. The number of rotatable bonds is 5. The van der Waals surface area contributed by atoms with Gasteiger partial charge in [-0.1, -0.05) is 6.08 Å². The van der Waals surface area contributed by atoms with Crippen molar-refractivity contribution in [3.63, 3.8) is 0 Å². The summed E-state index contributed by atoms with van der Waals surface area (Å²) in [5.41, 5.74) is 4.76. The van der Waals surface area contributed by atoms with Crippen LogP contribution in [0.15, 0.2) is 42.5 Å². The van der Waals surface area contributed by atoms with Gasteiger partial charge >= 0.3 is 5.97 Å². The number of carbonyl (C=O) groups is 3. The maximum absolute atomic E-state index is 12.8. The van der Waals surface area contributed by atoms with Crippen molar-refractivity contribution in [2.75, 3.05) is 13.7 Å². The molecule has 0 spiro atoms. The number of aryl methyl sites for hydroxylation is 2. The van der Waals surface area contributed by atoms with Crippen molar-refractivity contribution in [3.8, 4) is 5.69 Å². The number of esters is 1. The van der Waals surface area contributed by atoms with Crippen molar-refractivity contribution in [3.05, 3.63) is 70.6 Å². The quantitative estimate of drug-likeness (QED) is 0.256. The van der Waals surface area contributed by atoms with E-state index in [0.29, 0.717) is 5.56 Å². The first-order chi connectivity index (χ1) is 14.7. The Labute approximate surface area is 186 Å². The van der Waals surface area contributed by atoms with Crippen molar-refractivity contribution in [2.24, 2.45) is 0 Å². The highest BCUT2D eigenvalue weighted by atomic mass is 32.1. The van der Waals surface area contributed by atoms with Gasteiger partial charge in [0.05, 0.1) is 12.7 Å². The van der Waals surface area contributed by atoms with E-state index in [0.717, 1.165) is 28.2 Å². The third-order valence-electron chi connectivity index (χ3n) is 5.13. The number of carbonyl (C=O) groups excluding carboxylic acids is 3. The molecule has 1 aromatic heterocycles. The highest BCUT2D eigenvalue weighted by Gasteiger charge is 2.33. The molecular formula is C23H23N3O4S. The molecular weight excluding hydrogens is 414 g/mol. The minimum absolute atomic E-state index is 0.00783. The summed E-state index contributed by atoms with van der Waals surface area (Å²) in [5.74, 6) is -1.39. The smallest absolute Gasteiger partial charge is 0.337 e. The molecule has 0 saturated carbocycles. The lowest BCUT2D eigenvalue weighted by molar-refractivity contribution is -0.128. The molecule has 0 radical (unpaired) electrons. The average molecular weight is 438 g/mol. The predicted octanol–water partition coefficient (Wildman–Crippen LogP) is 3.00. The molecule has 31 heavy (non-hydrogen) atoms. The second-order valence-electron chi connectivity index (χ2n) is 7.18. The minimum atomic E-state index is -0.529. The number of hydrogen-bond acceptors (Lipinski definition) is 5. The topological polar surface area (TPSA) is 80.6 Å². The first-order valence-electron chi connectivity index (χ1n) is 9.57. The molecule has 0 aliphatic carbocycles. The normalized spacial score (nSPS) is 15.3. The second kappa shape index (κ2) is 8.69.